The van der Waals surface area contributed by atoms with Crippen LogP contribution < -0.4 is 5.32 Å². The van der Waals surface area contributed by atoms with Crippen LogP contribution in [-0.2, 0) is 16.4 Å². The molecule has 0 saturated carbocycles. The van der Waals surface area contributed by atoms with Crippen molar-refractivity contribution in [2.24, 2.45) is 16.5 Å². The highest BCUT2D eigenvalue weighted by Crippen LogP contribution is 2.34. The molecule has 2 rings (SSSR count). The van der Waals surface area contributed by atoms with Crippen molar-refractivity contribution in [2.75, 3.05) is 6.54 Å². The second-order valence-corrected chi connectivity index (χ2v) is 12.2. The number of rotatable bonds is 11. The summed E-state index contributed by atoms with van der Waals surface area (Å²) in [6.45, 7) is 9.35. The minimum atomic E-state index is -4.10. The molecular formula is C26H37N3O6S. The number of sulfonamides is 1. The highest BCUT2D eigenvalue weighted by molar-refractivity contribution is 7.89. The number of benzene rings is 2. The lowest BCUT2D eigenvalue weighted by Crippen LogP contribution is -2.61. The first-order valence-electron chi connectivity index (χ1n) is 11.8. The van der Waals surface area contributed by atoms with Crippen molar-refractivity contribution in [2.45, 2.75) is 64.1 Å². The van der Waals surface area contributed by atoms with Gasteiger partial charge in [-0.3, -0.25) is 0 Å². The lowest BCUT2D eigenvalue weighted by molar-refractivity contribution is 0.00250. The molecule has 0 fully saturated rings. The summed E-state index contributed by atoms with van der Waals surface area (Å²) in [5.74, 6) is -0.0716. The van der Waals surface area contributed by atoms with Gasteiger partial charge >= 0.3 is 6.09 Å². The molecule has 0 radical (unpaired) electrons. The van der Waals surface area contributed by atoms with E-state index in [9.17, 15) is 23.4 Å². The molecule has 0 saturated heterocycles. The van der Waals surface area contributed by atoms with Crippen LogP contribution in [0.15, 0.2) is 64.6 Å². The van der Waals surface area contributed by atoms with Crippen LogP contribution in [-0.4, -0.2) is 65.2 Å². The summed E-state index contributed by atoms with van der Waals surface area (Å²) in [6.07, 6.45) is -1.28. The molecule has 0 aromatic heterocycles. The fourth-order valence-electron chi connectivity index (χ4n) is 4.27. The second-order valence-electron chi connectivity index (χ2n) is 10.3. The standard InChI is InChI=1S/C26H37N3O6S/c1-18(2)17-29(36(34,35)21-13-11-20(12-14-21)16-27-33)24(26(3,4)5)23(30)22(28-25(31)32)15-19-9-7-6-8-10-19/h6-14,16,18,22-24,28,30,33H,15,17H2,1-5H3,(H,31,32)/t22-,23+,24?/m0/s1. The Morgan fingerprint density at radius 2 is 1.67 bits per heavy atom. The van der Waals surface area contributed by atoms with Crippen LogP contribution in [0, 0.1) is 11.3 Å². The van der Waals surface area contributed by atoms with E-state index in [1.165, 1.54) is 34.8 Å². The number of carboxylic acid groups (broad SMARTS) is 1. The van der Waals surface area contributed by atoms with E-state index in [0.717, 1.165) is 5.56 Å². The van der Waals surface area contributed by atoms with E-state index in [-0.39, 0.29) is 23.8 Å². The molecule has 0 spiro atoms. The van der Waals surface area contributed by atoms with Crippen LogP contribution in [0.3, 0.4) is 0 Å². The Morgan fingerprint density at radius 1 is 1.08 bits per heavy atom. The fourth-order valence-corrected chi connectivity index (χ4v) is 6.25. The zero-order valence-electron chi connectivity index (χ0n) is 21.4. The van der Waals surface area contributed by atoms with Gasteiger partial charge in [-0.15, -0.1) is 0 Å². The molecule has 0 aliphatic carbocycles. The molecule has 0 aliphatic heterocycles. The Kier molecular flexibility index (Phi) is 10.0. The largest absolute Gasteiger partial charge is 0.465 e. The summed E-state index contributed by atoms with van der Waals surface area (Å²) >= 11 is 0. The maximum Gasteiger partial charge on any atom is 0.404 e. The highest BCUT2D eigenvalue weighted by Gasteiger charge is 2.45. The van der Waals surface area contributed by atoms with Gasteiger partial charge in [0.1, 0.15) is 0 Å². The number of nitrogens with one attached hydrogen (secondary N) is 1. The Labute approximate surface area is 213 Å². The smallest absolute Gasteiger partial charge is 0.404 e. The molecule has 1 unspecified atom stereocenters. The third kappa shape index (κ3) is 7.78. The summed E-state index contributed by atoms with van der Waals surface area (Å²) in [4.78, 5) is 11.7. The second kappa shape index (κ2) is 12.3. The van der Waals surface area contributed by atoms with Gasteiger partial charge in [-0.25, -0.2) is 13.2 Å². The molecule has 10 heteroatoms. The Hall–Kier alpha value is -2.95. The summed E-state index contributed by atoms with van der Waals surface area (Å²) in [7, 11) is -4.10. The van der Waals surface area contributed by atoms with E-state index in [0.29, 0.717) is 5.56 Å². The van der Waals surface area contributed by atoms with E-state index < -0.39 is 39.7 Å². The van der Waals surface area contributed by atoms with E-state index in [1.807, 2.05) is 65.0 Å². The lowest BCUT2D eigenvalue weighted by Gasteiger charge is -2.44. The average Bonchev–Trinajstić information content (AvgIpc) is 2.78. The van der Waals surface area contributed by atoms with Crippen molar-refractivity contribution >= 4 is 22.3 Å². The molecule has 0 bridgehead atoms. The van der Waals surface area contributed by atoms with Gasteiger partial charge in [-0.05, 0) is 41.0 Å². The van der Waals surface area contributed by atoms with Crippen molar-refractivity contribution in [1.82, 2.24) is 9.62 Å². The number of hydrogen-bond donors (Lipinski definition) is 4. The van der Waals surface area contributed by atoms with Gasteiger partial charge in [0, 0.05) is 6.54 Å². The van der Waals surface area contributed by atoms with Gasteiger partial charge in [0.2, 0.25) is 10.0 Å². The minimum Gasteiger partial charge on any atom is -0.465 e. The monoisotopic (exact) mass is 519 g/mol. The van der Waals surface area contributed by atoms with Crippen molar-refractivity contribution < 1.29 is 28.6 Å². The maximum absolute atomic E-state index is 13.9. The van der Waals surface area contributed by atoms with Crippen molar-refractivity contribution in [3.8, 4) is 0 Å². The number of oxime groups is 1. The molecule has 2 aromatic carbocycles. The van der Waals surface area contributed by atoms with E-state index in [1.54, 1.807) is 0 Å². The molecule has 36 heavy (non-hydrogen) atoms. The van der Waals surface area contributed by atoms with Gasteiger partial charge in [0.05, 0.1) is 29.3 Å². The number of amides is 1. The predicted molar refractivity (Wildman–Crippen MR) is 139 cm³/mol. The molecule has 3 atom stereocenters. The van der Waals surface area contributed by atoms with Gasteiger partial charge in [0.25, 0.3) is 0 Å². The highest BCUT2D eigenvalue weighted by atomic mass is 32.2. The Morgan fingerprint density at radius 3 is 2.14 bits per heavy atom. The van der Waals surface area contributed by atoms with Crippen molar-refractivity contribution in [3.63, 3.8) is 0 Å². The first-order valence-corrected chi connectivity index (χ1v) is 13.2. The van der Waals surface area contributed by atoms with Crippen LogP contribution >= 0.6 is 0 Å². The Bertz CT molecular complexity index is 1110. The normalized spacial score (nSPS) is 15.2. The van der Waals surface area contributed by atoms with Gasteiger partial charge < -0.3 is 20.7 Å². The minimum absolute atomic E-state index is 0.0190. The van der Waals surface area contributed by atoms with Crippen LogP contribution in [0.25, 0.3) is 0 Å². The van der Waals surface area contributed by atoms with E-state index in [4.69, 9.17) is 5.21 Å². The molecule has 4 N–H and O–H groups in total. The predicted octanol–water partition coefficient (Wildman–Crippen LogP) is 3.80. The lowest BCUT2D eigenvalue weighted by atomic mass is 9.79. The molecular weight excluding hydrogens is 482 g/mol. The van der Waals surface area contributed by atoms with E-state index in [2.05, 4.69) is 10.5 Å². The van der Waals surface area contributed by atoms with Gasteiger partial charge in [-0.2, -0.15) is 4.31 Å². The fraction of sp³-hybridized carbons (Fsp3) is 0.462. The molecule has 0 aliphatic rings. The van der Waals surface area contributed by atoms with Crippen LogP contribution in [0.1, 0.15) is 45.7 Å². The number of aliphatic hydroxyl groups is 1. The molecule has 2 aromatic rings. The van der Waals surface area contributed by atoms with Crippen molar-refractivity contribution in [3.05, 3.63) is 65.7 Å². The number of hydrogen-bond acceptors (Lipinski definition) is 6. The van der Waals surface area contributed by atoms with Gasteiger partial charge in [0.15, 0.2) is 0 Å². The molecule has 198 valence electrons. The maximum atomic E-state index is 13.9. The number of aliphatic hydroxyl groups excluding tert-OH is 1. The molecule has 9 nitrogen and oxygen atoms in total. The van der Waals surface area contributed by atoms with Crippen LogP contribution in [0.5, 0.6) is 0 Å². The first kappa shape index (κ1) is 29.3. The third-order valence-corrected chi connectivity index (χ3v) is 7.64. The first-order chi connectivity index (χ1) is 16.8. The van der Waals surface area contributed by atoms with Crippen molar-refractivity contribution in [1.29, 1.82) is 0 Å². The number of nitrogens with zero attached hydrogens (tertiary/aromatic N) is 2. The quantitative estimate of drug-likeness (QED) is 0.202. The zero-order valence-corrected chi connectivity index (χ0v) is 22.2. The molecule has 1 amide bonds. The number of carbonyl (C=O) groups is 1. The van der Waals surface area contributed by atoms with Crippen LogP contribution in [0.2, 0.25) is 0 Å². The summed E-state index contributed by atoms with van der Waals surface area (Å²) in [6, 6.07) is 13.1. The summed E-state index contributed by atoms with van der Waals surface area (Å²) in [5, 5.41) is 35.3. The van der Waals surface area contributed by atoms with Gasteiger partial charge in [-0.1, -0.05) is 82.2 Å². The summed E-state index contributed by atoms with van der Waals surface area (Å²) in [5.41, 5.74) is 0.579. The van der Waals surface area contributed by atoms with E-state index >= 15 is 0 Å². The Balaban J connectivity index is 2.59. The zero-order chi connectivity index (χ0) is 27.1. The van der Waals surface area contributed by atoms with Crippen LogP contribution in [0.4, 0.5) is 4.79 Å². The average molecular weight is 520 g/mol. The SMILES string of the molecule is CC(C)CN(C([C@H](O)[C@H](Cc1ccccc1)NC(=O)O)C(C)(C)C)S(=O)(=O)c1ccc(C=NO)cc1. The molecule has 0 heterocycles. The third-order valence-electron chi connectivity index (χ3n) is 5.78. The topological polar surface area (TPSA) is 140 Å². The summed E-state index contributed by atoms with van der Waals surface area (Å²) < 4.78 is 29.1.